The smallest absolute Gasteiger partial charge is 0.178 e. The highest BCUT2D eigenvalue weighted by atomic mass is 32.1. The molecule has 1 aromatic heterocycles. The van der Waals surface area contributed by atoms with E-state index in [1.165, 1.54) is 0 Å². The minimum absolute atomic E-state index is 0.601. The van der Waals surface area contributed by atoms with Crippen molar-refractivity contribution in [3.05, 3.63) is 29.6 Å². The van der Waals surface area contributed by atoms with Crippen LogP contribution in [0.15, 0.2) is 24.8 Å². The fourth-order valence-corrected chi connectivity index (χ4v) is 2.43. The molecular weight excluding hydrogens is 288 g/mol. The van der Waals surface area contributed by atoms with E-state index in [0.29, 0.717) is 36.0 Å². The van der Waals surface area contributed by atoms with E-state index in [0.717, 1.165) is 17.5 Å². The number of hydrogen-bond acceptors (Lipinski definition) is 4. The summed E-state index contributed by atoms with van der Waals surface area (Å²) in [6.45, 7) is 5.63. The molecular formula is C15H20N2O3S. The molecule has 6 heteroatoms. The minimum atomic E-state index is 0.601. The van der Waals surface area contributed by atoms with Crippen LogP contribution in [0.3, 0.4) is 0 Å². The van der Waals surface area contributed by atoms with Gasteiger partial charge in [-0.3, -0.25) is 0 Å². The lowest BCUT2D eigenvalue weighted by molar-refractivity contribution is 0.131. The fourth-order valence-electron chi connectivity index (χ4n) is 2.13. The Kier molecular flexibility index (Phi) is 5.41. The molecule has 2 rings (SSSR count). The van der Waals surface area contributed by atoms with E-state index in [1.54, 1.807) is 14.2 Å². The second-order valence-corrected chi connectivity index (χ2v) is 4.88. The maximum Gasteiger partial charge on any atom is 0.178 e. The number of aromatic nitrogens is 2. The second kappa shape index (κ2) is 7.28. The summed E-state index contributed by atoms with van der Waals surface area (Å²) < 4.78 is 18.8. The summed E-state index contributed by atoms with van der Waals surface area (Å²) in [7, 11) is 3.23. The summed E-state index contributed by atoms with van der Waals surface area (Å²) in [5.74, 6) is 1.36. The summed E-state index contributed by atoms with van der Waals surface area (Å²) in [6.07, 6.45) is 2.69. The molecule has 1 N–H and O–H groups in total. The summed E-state index contributed by atoms with van der Waals surface area (Å²) >= 11 is 5.37. The third-order valence-electron chi connectivity index (χ3n) is 3.20. The Morgan fingerprint density at radius 2 is 1.95 bits per heavy atom. The predicted molar refractivity (Wildman–Crippen MR) is 85.9 cm³/mol. The lowest BCUT2D eigenvalue weighted by atomic mass is 10.2. The van der Waals surface area contributed by atoms with E-state index in [2.05, 4.69) is 11.6 Å². The lowest BCUT2D eigenvalue weighted by Crippen LogP contribution is -2.06. The molecule has 0 radical (unpaired) electrons. The number of imidazole rings is 1. The first-order valence-electron chi connectivity index (χ1n) is 6.74. The van der Waals surface area contributed by atoms with E-state index in [9.17, 15) is 0 Å². The van der Waals surface area contributed by atoms with Gasteiger partial charge in [0.15, 0.2) is 16.3 Å². The van der Waals surface area contributed by atoms with Crippen LogP contribution in [-0.4, -0.2) is 37.0 Å². The summed E-state index contributed by atoms with van der Waals surface area (Å²) in [5, 5.41) is 0. The van der Waals surface area contributed by atoms with Gasteiger partial charge in [-0.05, 0) is 18.6 Å². The van der Waals surface area contributed by atoms with Crippen molar-refractivity contribution in [3.63, 3.8) is 0 Å². The van der Waals surface area contributed by atoms with Crippen LogP contribution in [0, 0.1) is 4.77 Å². The zero-order valence-corrected chi connectivity index (χ0v) is 13.2. The number of nitrogens with zero attached hydrogens (tertiary/aromatic N) is 1. The Bertz CT molecular complexity index is 675. The zero-order valence-electron chi connectivity index (χ0n) is 12.3. The van der Waals surface area contributed by atoms with Gasteiger partial charge in [-0.25, -0.2) is 0 Å². The van der Waals surface area contributed by atoms with Crippen LogP contribution in [-0.2, 0) is 11.3 Å². The highest BCUT2D eigenvalue weighted by molar-refractivity contribution is 7.71. The molecule has 0 fully saturated rings. The van der Waals surface area contributed by atoms with Gasteiger partial charge < -0.3 is 23.8 Å². The lowest BCUT2D eigenvalue weighted by Gasteiger charge is -2.09. The van der Waals surface area contributed by atoms with Gasteiger partial charge >= 0.3 is 0 Å². The number of nitrogens with one attached hydrogen (secondary N) is 1. The Balaban J connectivity index is 2.24. The summed E-state index contributed by atoms with van der Waals surface area (Å²) in [4.78, 5) is 3.18. The fraction of sp³-hybridized carbons (Fsp3) is 0.400. The molecule has 0 spiro atoms. The molecule has 2 aromatic rings. The van der Waals surface area contributed by atoms with Crippen LogP contribution in [0.5, 0.6) is 11.5 Å². The number of H-pyrrole nitrogens is 1. The molecule has 1 heterocycles. The van der Waals surface area contributed by atoms with E-state index < -0.39 is 0 Å². The second-order valence-electron chi connectivity index (χ2n) is 4.50. The molecule has 0 saturated carbocycles. The largest absolute Gasteiger partial charge is 0.493 e. The monoisotopic (exact) mass is 308 g/mol. The Morgan fingerprint density at radius 3 is 2.62 bits per heavy atom. The average molecular weight is 308 g/mol. The molecule has 0 unspecified atom stereocenters. The van der Waals surface area contributed by atoms with Crippen LogP contribution in [0.4, 0.5) is 0 Å². The maximum atomic E-state index is 5.54. The topological polar surface area (TPSA) is 48.4 Å². The molecule has 1 aromatic carbocycles. The third kappa shape index (κ3) is 3.46. The van der Waals surface area contributed by atoms with Crippen molar-refractivity contribution in [2.24, 2.45) is 0 Å². The standard InChI is InChI=1S/C15H20N2O3S/c1-4-5-7-20-8-6-17-12-10-14(19-3)13(18-2)9-11(12)16-15(17)21/h4,9-10H,1,5-8H2,2-3H3,(H,16,21). The van der Waals surface area contributed by atoms with Crippen molar-refractivity contribution in [2.45, 2.75) is 13.0 Å². The van der Waals surface area contributed by atoms with E-state index in [4.69, 9.17) is 26.4 Å². The van der Waals surface area contributed by atoms with Gasteiger partial charge in [-0.1, -0.05) is 6.08 Å². The molecule has 0 bridgehead atoms. The number of methoxy groups -OCH3 is 2. The van der Waals surface area contributed by atoms with Crippen LogP contribution in [0.1, 0.15) is 6.42 Å². The molecule has 21 heavy (non-hydrogen) atoms. The summed E-state index contributed by atoms with van der Waals surface area (Å²) in [6, 6.07) is 3.81. The number of hydrogen-bond donors (Lipinski definition) is 1. The Labute approximate surface area is 129 Å². The molecule has 0 aliphatic heterocycles. The molecule has 0 aliphatic carbocycles. The number of aromatic amines is 1. The van der Waals surface area contributed by atoms with Gasteiger partial charge in [0.1, 0.15) is 0 Å². The first-order chi connectivity index (χ1) is 10.2. The molecule has 0 saturated heterocycles. The number of rotatable bonds is 8. The highest BCUT2D eigenvalue weighted by Gasteiger charge is 2.11. The Morgan fingerprint density at radius 1 is 1.24 bits per heavy atom. The van der Waals surface area contributed by atoms with Crippen LogP contribution >= 0.6 is 12.2 Å². The zero-order chi connectivity index (χ0) is 15.2. The van der Waals surface area contributed by atoms with Crippen molar-refractivity contribution >= 4 is 23.3 Å². The third-order valence-corrected chi connectivity index (χ3v) is 3.53. The van der Waals surface area contributed by atoms with E-state index >= 15 is 0 Å². The normalized spacial score (nSPS) is 10.8. The van der Waals surface area contributed by atoms with Crippen molar-refractivity contribution in [1.82, 2.24) is 9.55 Å². The van der Waals surface area contributed by atoms with Crippen LogP contribution < -0.4 is 9.47 Å². The highest BCUT2D eigenvalue weighted by Crippen LogP contribution is 2.31. The quantitative estimate of drug-likeness (QED) is 0.462. The van der Waals surface area contributed by atoms with Gasteiger partial charge in [0, 0.05) is 18.7 Å². The number of ether oxygens (including phenoxy) is 3. The van der Waals surface area contributed by atoms with Crippen molar-refractivity contribution in [1.29, 1.82) is 0 Å². The van der Waals surface area contributed by atoms with Crippen LogP contribution in [0.2, 0.25) is 0 Å². The minimum Gasteiger partial charge on any atom is -0.493 e. The SMILES string of the molecule is C=CCCOCCn1c(=S)[nH]c2cc(OC)c(OC)cc21. The molecule has 114 valence electrons. The maximum absolute atomic E-state index is 5.54. The molecule has 0 atom stereocenters. The van der Waals surface area contributed by atoms with E-state index in [1.807, 2.05) is 22.8 Å². The van der Waals surface area contributed by atoms with Crippen molar-refractivity contribution in [2.75, 3.05) is 27.4 Å². The summed E-state index contributed by atoms with van der Waals surface area (Å²) in [5.41, 5.74) is 1.90. The average Bonchev–Trinajstić information content (AvgIpc) is 2.80. The Hall–Kier alpha value is -1.79. The number of fused-ring (bicyclic) bond motifs is 1. The number of benzene rings is 1. The predicted octanol–water partition coefficient (Wildman–Crippen LogP) is 3.31. The molecule has 5 nitrogen and oxygen atoms in total. The molecule has 0 amide bonds. The van der Waals surface area contributed by atoms with E-state index in [-0.39, 0.29) is 0 Å². The van der Waals surface area contributed by atoms with Gasteiger partial charge in [0.2, 0.25) is 0 Å². The van der Waals surface area contributed by atoms with Crippen molar-refractivity contribution < 1.29 is 14.2 Å². The first-order valence-corrected chi connectivity index (χ1v) is 7.15. The van der Waals surface area contributed by atoms with Gasteiger partial charge in [-0.2, -0.15) is 0 Å². The van der Waals surface area contributed by atoms with Gasteiger partial charge in [-0.15, -0.1) is 6.58 Å². The van der Waals surface area contributed by atoms with Gasteiger partial charge in [0.25, 0.3) is 0 Å². The molecule has 0 aliphatic rings. The van der Waals surface area contributed by atoms with Gasteiger partial charge in [0.05, 0.1) is 38.5 Å². The van der Waals surface area contributed by atoms with Crippen molar-refractivity contribution in [3.8, 4) is 11.5 Å². The van der Waals surface area contributed by atoms with Crippen LogP contribution in [0.25, 0.3) is 11.0 Å². The first kappa shape index (κ1) is 15.6.